The predicted octanol–water partition coefficient (Wildman–Crippen LogP) is 1.38. The minimum Gasteiger partial charge on any atom is -0.484 e. The SMILES string of the molecule is CN1CCN(C(=O)COC2=CCC(Br)C=C2)CC1. The molecule has 0 saturated carbocycles. The van der Waals surface area contributed by atoms with Crippen molar-refractivity contribution in [3.05, 3.63) is 24.0 Å². The van der Waals surface area contributed by atoms with Gasteiger partial charge in [0.05, 0.1) is 0 Å². The van der Waals surface area contributed by atoms with Gasteiger partial charge in [-0.3, -0.25) is 4.79 Å². The highest BCUT2D eigenvalue weighted by molar-refractivity contribution is 9.09. The van der Waals surface area contributed by atoms with Gasteiger partial charge in [-0.25, -0.2) is 0 Å². The van der Waals surface area contributed by atoms with Crippen LogP contribution in [-0.4, -0.2) is 60.4 Å². The number of nitrogens with zero attached hydrogens (tertiary/aromatic N) is 2. The summed E-state index contributed by atoms with van der Waals surface area (Å²) in [4.78, 5) is 16.4. The molecule has 1 atom stereocenters. The van der Waals surface area contributed by atoms with Crippen LogP contribution in [0.2, 0.25) is 0 Å². The third-order valence-electron chi connectivity index (χ3n) is 3.23. The summed E-state index contributed by atoms with van der Waals surface area (Å²) in [6.07, 6.45) is 6.88. The van der Waals surface area contributed by atoms with E-state index in [0.717, 1.165) is 38.4 Å². The standard InChI is InChI=1S/C13H19BrN2O2/c1-15-6-8-16(9-7-15)13(17)10-18-12-4-2-11(14)3-5-12/h2,4-5,11H,3,6-10H2,1H3. The molecule has 0 radical (unpaired) electrons. The van der Waals surface area contributed by atoms with Gasteiger partial charge in [0.15, 0.2) is 6.61 Å². The van der Waals surface area contributed by atoms with E-state index in [0.29, 0.717) is 4.83 Å². The highest BCUT2D eigenvalue weighted by atomic mass is 79.9. The smallest absolute Gasteiger partial charge is 0.260 e. The summed E-state index contributed by atoms with van der Waals surface area (Å²) in [5, 5.41) is 0. The predicted molar refractivity (Wildman–Crippen MR) is 74.6 cm³/mol. The molecule has 18 heavy (non-hydrogen) atoms. The Labute approximate surface area is 116 Å². The van der Waals surface area contributed by atoms with Crippen LogP contribution < -0.4 is 0 Å². The lowest BCUT2D eigenvalue weighted by Gasteiger charge is -2.32. The van der Waals surface area contributed by atoms with Crippen LogP contribution in [-0.2, 0) is 9.53 Å². The number of likely N-dealkylation sites (N-methyl/N-ethyl adjacent to an activating group) is 1. The van der Waals surface area contributed by atoms with Crippen molar-refractivity contribution in [1.29, 1.82) is 0 Å². The van der Waals surface area contributed by atoms with Crippen LogP contribution in [0, 0.1) is 0 Å². The van der Waals surface area contributed by atoms with Crippen LogP contribution in [0.3, 0.4) is 0 Å². The van der Waals surface area contributed by atoms with Crippen LogP contribution in [0.1, 0.15) is 6.42 Å². The Bertz CT molecular complexity index is 360. The van der Waals surface area contributed by atoms with E-state index >= 15 is 0 Å². The summed E-state index contributed by atoms with van der Waals surface area (Å²) >= 11 is 3.50. The van der Waals surface area contributed by atoms with Crippen LogP contribution in [0.15, 0.2) is 24.0 Å². The Kier molecular flexibility index (Phi) is 4.83. The van der Waals surface area contributed by atoms with Crippen molar-refractivity contribution in [3.8, 4) is 0 Å². The molecular weight excluding hydrogens is 296 g/mol. The Hall–Kier alpha value is -0.810. The minimum atomic E-state index is 0.0818. The molecule has 1 aliphatic heterocycles. The molecule has 1 aliphatic carbocycles. The quantitative estimate of drug-likeness (QED) is 0.738. The lowest BCUT2D eigenvalue weighted by Crippen LogP contribution is -2.48. The Morgan fingerprint density at radius 1 is 1.44 bits per heavy atom. The number of halogens is 1. The number of hydrogen-bond donors (Lipinski definition) is 0. The summed E-state index contributed by atoms with van der Waals surface area (Å²) < 4.78 is 5.52. The van der Waals surface area contributed by atoms with Gasteiger partial charge >= 0.3 is 0 Å². The van der Waals surface area contributed by atoms with E-state index in [4.69, 9.17) is 4.74 Å². The molecule has 4 nitrogen and oxygen atoms in total. The van der Waals surface area contributed by atoms with Gasteiger partial charge in [0.2, 0.25) is 0 Å². The maximum Gasteiger partial charge on any atom is 0.260 e. The molecular formula is C13H19BrN2O2. The normalized spacial score (nSPS) is 24.9. The second kappa shape index (κ2) is 6.38. The zero-order valence-corrected chi connectivity index (χ0v) is 12.2. The highest BCUT2D eigenvalue weighted by Crippen LogP contribution is 2.17. The molecule has 0 spiro atoms. The number of piperazine rings is 1. The van der Waals surface area contributed by atoms with E-state index in [9.17, 15) is 4.79 Å². The molecule has 1 heterocycles. The Morgan fingerprint density at radius 3 is 2.78 bits per heavy atom. The number of allylic oxidation sites excluding steroid dienone is 3. The molecule has 100 valence electrons. The second-order valence-corrected chi connectivity index (χ2v) is 5.87. The third-order valence-corrected chi connectivity index (χ3v) is 3.91. The van der Waals surface area contributed by atoms with Gasteiger partial charge in [0, 0.05) is 31.0 Å². The molecule has 1 saturated heterocycles. The van der Waals surface area contributed by atoms with Crippen molar-refractivity contribution in [2.45, 2.75) is 11.2 Å². The minimum absolute atomic E-state index is 0.0818. The number of alkyl halides is 1. The molecule has 2 aliphatic rings. The van der Waals surface area contributed by atoms with Gasteiger partial charge in [-0.15, -0.1) is 0 Å². The van der Waals surface area contributed by atoms with Gasteiger partial charge in [-0.05, 0) is 25.6 Å². The van der Waals surface area contributed by atoms with E-state index < -0.39 is 0 Å². The zero-order chi connectivity index (χ0) is 13.0. The number of rotatable bonds is 3. The first-order chi connectivity index (χ1) is 8.65. The average Bonchev–Trinajstić information content (AvgIpc) is 2.38. The second-order valence-electron chi connectivity index (χ2n) is 4.69. The largest absolute Gasteiger partial charge is 0.484 e. The van der Waals surface area contributed by atoms with E-state index in [2.05, 4.69) is 27.9 Å². The fourth-order valence-electron chi connectivity index (χ4n) is 1.97. The van der Waals surface area contributed by atoms with Crippen LogP contribution in [0.25, 0.3) is 0 Å². The van der Waals surface area contributed by atoms with E-state index in [-0.39, 0.29) is 12.5 Å². The molecule has 0 bridgehead atoms. The van der Waals surface area contributed by atoms with Crippen molar-refractivity contribution in [2.75, 3.05) is 39.8 Å². The van der Waals surface area contributed by atoms with E-state index in [1.807, 2.05) is 23.1 Å². The van der Waals surface area contributed by atoms with Gasteiger partial charge in [-0.1, -0.05) is 22.0 Å². The summed E-state index contributed by atoms with van der Waals surface area (Å²) in [7, 11) is 2.08. The maximum atomic E-state index is 11.9. The van der Waals surface area contributed by atoms with Gasteiger partial charge in [0.25, 0.3) is 5.91 Å². The summed E-state index contributed by atoms with van der Waals surface area (Å²) in [6, 6.07) is 0. The monoisotopic (exact) mass is 314 g/mol. The first-order valence-electron chi connectivity index (χ1n) is 6.26. The fourth-order valence-corrected chi connectivity index (χ4v) is 2.31. The third kappa shape index (κ3) is 3.85. The summed E-state index contributed by atoms with van der Waals surface area (Å²) in [5.41, 5.74) is 0. The number of carbonyl (C=O) groups is 1. The molecule has 2 rings (SSSR count). The first-order valence-corrected chi connectivity index (χ1v) is 7.18. The molecule has 0 aromatic heterocycles. The topological polar surface area (TPSA) is 32.8 Å². The lowest BCUT2D eigenvalue weighted by atomic mass is 10.2. The lowest BCUT2D eigenvalue weighted by molar-refractivity contribution is -0.136. The zero-order valence-electron chi connectivity index (χ0n) is 10.6. The Morgan fingerprint density at radius 2 is 2.17 bits per heavy atom. The number of amides is 1. The number of ether oxygens (including phenoxy) is 1. The van der Waals surface area contributed by atoms with Gasteiger partial charge < -0.3 is 14.5 Å². The Balaban J connectivity index is 1.73. The van der Waals surface area contributed by atoms with Gasteiger partial charge in [-0.2, -0.15) is 0 Å². The van der Waals surface area contributed by atoms with Crippen LogP contribution in [0.4, 0.5) is 0 Å². The maximum absolute atomic E-state index is 11.9. The van der Waals surface area contributed by atoms with Gasteiger partial charge in [0.1, 0.15) is 5.76 Å². The first kappa shape index (κ1) is 13.6. The van der Waals surface area contributed by atoms with Crippen LogP contribution in [0.5, 0.6) is 0 Å². The molecule has 0 N–H and O–H groups in total. The van der Waals surface area contributed by atoms with Crippen molar-refractivity contribution in [2.24, 2.45) is 0 Å². The highest BCUT2D eigenvalue weighted by Gasteiger charge is 2.19. The van der Waals surface area contributed by atoms with E-state index in [1.165, 1.54) is 0 Å². The fraction of sp³-hybridized carbons (Fsp3) is 0.615. The van der Waals surface area contributed by atoms with Crippen molar-refractivity contribution >= 4 is 21.8 Å². The van der Waals surface area contributed by atoms with Crippen molar-refractivity contribution < 1.29 is 9.53 Å². The average molecular weight is 315 g/mol. The van der Waals surface area contributed by atoms with Crippen molar-refractivity contribution in [1.82, 2.24) is 9.80 Å². The molecule has 1 amide bonds. The molecule has 0 aromatic carbocycles. The van der Waals surface area contributed by atoms with Crippen molar-refractivity contribution in [3.63, 3.8) is 0 Å². The van der Waals surface area contributed by atoms with Crippen LogP contribution >= 0.6 is 15.9 Å². The molecule has 1 fully saturated rings. The molecule has 1 unspecified atom stereocenters. The molecule has 0 aromatic rings. The number of carbonyl (C=O) groups excluding carboxylic acids is 1. The number of hydrogen-bond acceptors (Lipinski definition) is 3. The summed E-state index contributed by atoms with van der Waals surface area (Å²) in [5.74, 6) is 0.881. The molecule has 5 heteroatoms. The summed E-state index contributed by atoms with van der Waals surface area (Å²) in [6.45, 7) is 3.64. The van der Waals surface area contributed by atoms with E-state index in [1.54, 1.807) is 0 Å².